The summed E-state index contributed by atoms with van der Waals surface area (Å²) in [5, 5.41) is 1.33. The highest BCUT2D eigenvalue weighted by atomic mass is 35.5. The van der Waals surface area contributed by atoms with Crippen molar-refractivity contribution in [2.75, 3.05) is 5.73 Å². The topological polar surface area (TPSA) is 73.8 Å². The molecule has 0 aliphatic rings. The average Bonchev–Trinajstić information content (AvgIpc) is 3.10. The number of anilines is 1. The lowest BCUT2D eigenvalue weighted by Gasteiger charge is -2.15. The maximum absolute atomic E-state index is 13.3. The van der Waals surface area contributed by atoms with E-state index in [1.807, 2.05) is 19.1 Å². The molecule has 124 valence electrons. The number of nitrogens with zero attached hydrogens (tertiary/aromatic N) is 3. The number of fused-ring (bicyclic) bond motifs is 1. The highest BCUT2D eigenvalue weighted by Gasteiger charge is 2.19. The lowest BCUT2D eigenvalue weighted by molar-refractivity contribution is 1.01. The first-order chi connectivity index (χ1) is 12.1. The van der Waals surface area contributed by atoms with Gasteiger partial charge in [-0.1, -0.05) is 11.6 Å². The van der Waals surface area contributed by atoms with Crippen molar-refractivity contribution in [2.24, 2.45) is 0 Å². The molecule has 0 radical (unpaired) electrons. The monoisotopic (exact) mass is 368 g/mol. The Kier molecular flexibility index (Phi) is 3.78. The van der Waals surface area contributed by atoms with Gasteiger partial charge in [-0.3, -0.25) is 14.3 Å². The molecule has 3 aromatic heterocycles. The SMILES string of the molecule is Cc1ccc2c(N)c(-c3cncs3)c(=O)n(-c3ccc(Cl)cc3)c2n1. The van der Waals surface area contributed by atoms with Gasteiger partial charge in [0.1, 0.15) is 5.65 Å². The average molecular weight is 369 g/mol. The molecule has 0 spiro atoms. The Morgan fingerprint density at radius 3 is 2.60 bits per heavy atom. The van der Waals surface area contributed by atoms with Gasteiger partial charge in [0.05, 0.1) is 27.3 Å². The molecule has 0 amide bonds. The number of hydrogen-bond acceptors (Lipinski definition) is 5. The second kappa shape index (κ2) is 5.98. The highest BCUT2D eigenvalue weighted by molar-refractivity contribution is 7.13. The van der Waals surface area contributed by atoms with Crippen molar-refractivity contribution >= 4 is 39.7 Å². The van der Waals surface area contributed by atoms with Crippen molar-refractivity contribution in [1.82, 2.24) is 14.5 Å². The zero-order valence-corrected chi connectivity index (χ0v) is 14.8. The van der Waals surface area contributed by atoms with Crippen LogP contribution in [0.1, 0.15) is 5.69 Å². The van der Waals surface area contributed by atoms with E-state index >= 15 is 0 Å². The van der Waals surface area contributed by atoms with Crippen molar-refractivity contribution in [3.8, 4) is 16.1 Å². The minimum Gasteiger partial charge on any atom is -0.397 e. The zero-order chi connectivity index (χ0) is 17.6. The van der Waals surface area contributed by atoms with Gasteiger partial charge in [0.25, 0.3) is 5.56 Å². The van der Waals surface area contributed by atoms with Crippen LogP contribution in [0.15, 0.2) is 52.9 Å². The third-order valence-corrected chi connectivity index (χ3v) is 5.01. The van der Waals surface area contributed by atoms with E-state index in [9.17, 15) is 4.79 Å². The van der Waals surface area contributed by atoms with Crippen LogP contribution in [0.2, 0.25) is 5.02 Å². The Morgan fingerprint density at radius 1 is 1.16 bits per heavy atom. The molecule has 0 unspecified atom stereocenters. The number of benzene rings is 1. The second-order valence-corrected chi connectivity index (χ2v) is 6.92. The Hall–Kier alpha value is -2.70. The number of hydrogen-bond donors (Lipinski definition) is 1. The van der Waals surface area contributed by atoms with Gasteiger partial charge >= 0.3 is 0 Å². The first kappa shape index (κ1) is 15.8. The molecule has 4 rings (SSSR count). The minimum atomic E-state index is -0.227. The number of aromatic nitrogens is 3. The van der Waals surface area contributed by atoms with Crippen LogP contribution in [0.25, 0.3) is 27.2 Å². The van der Waals surface area contributed by atoms with Crippen LogP contribution in [0.5, 0.6) is 0 Å². The number of thiazole rings is 1. The molecule has 0 fully saturated rings. The Morgan fingerprint density at radius 2 is 1.92 bits per heavy atom. The quantitative estimate of drug-likeness (QED) is 0.579. The summed E-state index contributed by atoms with van der Waals surface area (Å²) in [5.41, 5.74) is 10.7. The lowest BCUT2D eigenvalue weighted by Crippen LogP contribution is -2.23. The predicted molar refractivity (Wildman–Crippen MR) is 103 cm³/mol. The summed E-state index contributed by atoms with van der Waals surface area (Å²) in [6.45, 7) is 1.88. The maximum Gasteiger partial charge on any atom is 0.267 e. The van der Waals surface area contributed by atoms with Crippen molar-refractivity contribution in [3.63, 3.8) is 0 Å². The third-order valence-electron chi connectivity index (χ3n) is 3.97. The summed E-state index contributed by atoms with van der Waals surface area (Å²) >= 11 is 7.37. The van der Waals surface area contributed by atoms with Gasteiger partial charge in [-0.05, 0) is 43.3 Å². The maximum atomic E-state index is 13.3. The summed E-state index contributed by atoms with van der Waals surface area (Å²) in [7, 11) is 0. The first-order valence-corrected chi connectivity index (χ1v) is 8.78. The number of aryl methyl sites for hydroxylation is 1. The lowest BCUT2D eigenvalue weighted by atomic mass is 10.1. The molecule has 25 heavy (non-hydrogen) atoms. The van der Waals surface area contributed by atoms with Crippen LogP contribution in [-0.2, 0) is 0 Å². The summed E-state index contributed by atoms with van der Waals surface area (Å²) < 4.78 is 1.57. The largest absolute Gasteiger partial charge is 0.397 e. The van der Waals surface area contributed by atoms with Gasteiger partial charge in [0, 0.05) is 22.3 Å². The molecule has 1 aromatic carbocycles. The van der Waals surface area contributed by atoms with Crippen LogP contribution < -0.4 is 11.3 Å². The number of nitrogen functional groups attached to an aromatic ring is 1. The minimum absolute atomic E-state index is 0.227. The van der Waals surface area contributed by atoms with Crippen molar-refractivity contribution < 1.29 is 0 Å². The number of nitrogens with two attached hydrogens (primary N) is 1. The Labute approximate surface area is 152 Å². The molecule has 0 aliphatic carbocycles. The number of halogens is 1. The van der Waals surface area contributed by atoms with E-state index in [1.54, 1.807) is 40.5 Å². The Bertz CT molecular complexity index is 1130. The Balaban J connectivity index is 2.18. The summed E-state index contributed by atoms with van der Waals surface area (Å²) in [5.74, 6) is 0. The van der Waals surface area contributed by atoms with E-state index in [-0.39, 0.29) is 5.56 Å². The van der Waals surface area contributed by atoms with Crippen LogP contribution in [0.4, 0.5) is 5.69 Å². The van der Waals surface area contributed by atoms with Crippen LogP contribution in [0.3, 0.4) is 0 Å². The first-order valence-electron chi connectivity index (χ1n) is 7.53. The second-order valence-electron chi connectivity index (χ2n) is 5.60. The molecule has 4 aromatic rings. The van der Waals surface area contributed by atoms with E-state index < -0.39 is 0 Å². The van der Waals surface area contributed by atoms with E-state index in [0.29, 0.717) is 27.6 Å². The molecule has 7 heteroatoms. The summed E-state index contributed by atoms with van der Waals surface area (Å²) in [6.07, 6.45) is 1.65. The number of pyridine rings is 2. The fraction of sp³-hybridized carbons (Fsp3) is 0.0556. The molecule has 0 atom stereocenters. The molecule has 3 heterocycles. The zero-order valence-electron chi connectivity index (χ0n) is 13.2. The smallest absolute Gasteiger partial charge is 0.267 e. The van der Waals surface area contributed by atoms with Gasteiger partial charge < -0.3 is 5.73 Å². The third kappa shape index (κ3) is 2.59. The molecule has 2 N–H and O–H groups in total. The fourth-order valence-electron chi connectivity index (χ4n) is 2.79. The fourth-order valence-corrected chi connectivity index (χ4v) is 3.59. The van der Waals surface area contributed by atoms with Gasteiger partial charge in [-0.25, -0.2) is 4.98 Å². The van der Waals surface area contributed by atoms with Crippen LogP contribution in [0, 0.1) is 6.92 Å². The van der Waals surface area contributed by atoms with Crippen molar-refractivity contribution in [2.45, 2.75) is 6.92 Å². The molecule has 0 bridgehead atoms. The molecule has 5 nitrogen and oxygen atoms in total. The van der Waals surface area contributed by atoms with E-state index in [2.05, 4.69) is 9.97 Å². The standard InChI is InChI=1S/C18H13ClN4OS/c1-10-2-7-13-16(20)15(14-8-21-9-25-14)18(24)23(17(13)22-10)12-5-3-11(19)4-6-12/h2-9H,20H2,1H3. The van der Waals surface area contributed by atoms with E-state index in [0.717, 1.165) is 16.0 Å². The highest BCUT2D eigenvalue weighted by Crippen LogP contribution is 2.32. The predicted octanol–water partition coefficient (Wildman–Crippen LogP) is 4.05. The molecule has 0 saturated heterocycles. The van der Waals surface area contributed by atoms with Gasteiger partial charge in [0.2, 0.25) is 0 Å². The van der Waals surface area contributed by atoms with Crippen LogP contribution in [-0.4, -0.2) is 14.5 Å². The summed E-state index contributed by atoms with van der Waals surface area (Å²) in [6, 6.07) is 10.8. The molecular weight excluding hydrogens is 356 g/mol. The van der Waals surface area contributed by atoms with Gasteiger partial charge in [-0.15, -0.1) is 11.3 Å². The normalized spacial score (nSPS) is 11.1. The van der Waals surface area contributed by atoms with Gasteiger partial charge in [0.15, 0.2) is 0 Å². The molecule has 0 saturated carbocycles. The summed E-state index contributed by atoms with van der Waals surface area (Å²) in [4.78, 5) is 22.6. The van der Waals surface area contributed by atoms with Crippen molar-refractivity contribution in [3.05, 3.63) is 69.2 Å². The van der Waals surface area contributed by atoms with Crippen LogP contribution >= 0.6 is 22.9 Å². The number of rotatable bonds is 2. The molecular formula is C18H13ClN4OS. The van der Waals surface area contributed by atoms with Gasteiger partial charge in [-0.2, -0.15) is 0 Å². The van der Waals surface area contributed by atoms with E-state index in [1.165, 1.54) is 11.3 Å². The van der Waals surface area contributed by atoms with Crippen molar-refractivity contribution in [1.29, 1.82) is 0 Å². The van der Waals surface area contributed by atoms with E-state index in [4.69, 9.17) is 17.3 Å². The molecule has 0 aliphatic heterocycles.